The molecule has 3 aromatic rings. The van der Waals surface area contributed by atoms with Gasteiger partial charge in [0.1, 0.15) is 0 Å². The molecule has 0 unspecified atom stereocenters. The van der Waals surface area contributed by atoms with Gasteiger partial charge in [-0.15, -0.1) is 0 Å². The van der Waals surface area contributed by atoms with Crippen LogP contribution in [0.25, 0.3) is 10.9 Å². The minimum Gasteiger partial charge on any atom is -0.362 e. The molecular formula is C22H25N3OS. The Morgan fingerprint density at radius 3 is 2.52 bits per heavy atom. The average Bonchev–Trinajstić information content (AvgIpc) is 2.60. The lowest BCUT2D eigenvalue weighted by Crippen LogP contribution is -2.31. The van der Waals surface area contributed by atoms with Crippen LogP contribution in [0.3, 0.4) is 0 Å². The van der Waals surface area contributed by atoms with Crippen LogP contribution in [-0.4, -0.2) is 16.6 Å². The van der Waals surface area contributed by atoms with Gasteiger partial charge in [0, 0.05) is 23.3 Å². The van der Waals surface area contributed by atoms with Crippen LogP contribution in [0.4, 0.5) is 5.69 Å². The second-order valence-electron chi connectivity index (χ2n) is 7.10. The van der Waals surface area contributed by atoms with Crippen LogP contribution in [0.15, 0.2) is 41.2 Å². The monoisotopic (exact) mass is 379 g/mol. The number of rotatable bonds is 4. The molecule has 0 aliphatic rings. The molecule has 3 rings (SSSR count). The van der Waals surface area contributed by atoms with Crippen molar-refractivity contribution in [3.8, 4) is 0 Å². The first-order valence-electron chi connectivity index (χ1n) is 9.09. The average molecular weight is 380 g/mol. The molecule has 0 bridgehead atoms. The van der Waals surface area contributed by atoms with E-state index in [0.717, 1.165) is 27.7 Å². The zero-order chi connectivity index (χ0) is 19.6. The molecule has 4 nitrogen and oxygen atoms in total. The van der Waals surface area contributed by atoms with Crippen LogP contribution >= 0.6 is 12.2 Å². The molecule has 0 atom stereocenters. The summed E-state index contributed by atoms with van der Waals surface area (Å²) in [5.41, 5.74) is 7.32. The summed E-state index contributed by atoms with van der Waals surface area (Å²) in [4.78, 5) is 15.3. The minimum atomic E-state index is -0.0408. The summed E-state index contributed by atoms with van der Waals surface area (Å²) in [7, 11) is 0. The van der Waals surface area contributed by atoms with Gasteiger partial charge in [-0.1, -0.05) is 12.1 Å². The van der Waals surface area contributed by atoms with Crippen LogP contribution in [0, 0.1) is 27.7 Å². The Labute approximate surface area is 165 Å². The van der Waals surface area contributed by atoms with E-state index < -0.39 is 0 Å². The molecular weight excluding hydrogens is 354 g/mol. The molecule has 0 saturated heterocycles. The van der Waals surface area contributed by atoms with Gasteiger partial charge in [0.25, 0.3) is 5.56 Å². The predicted molar refractivity (Wildman–Crippen MR) is 118 cm³/mol. The van der Waals surface area contributed by atoms with E-state index in [4.69, 9.17) is 12.2 Å². The van der Waals surface area contributed by atoms with Gasteiger partial charge in [-0.25, -0.2) is 0 Å². The minimum absolute atomic E-state index is 0.0408. The molecule has 1 aromatic heterocycles. The third-order valence-electron chi connectivity index (χ3n) is 4.86. The molecule has 5 heteroatoms. The molecule has 140 valence electrons. The van der Waals surface area contributed by atoms with Crippen molar-refractivity contribution in [3.05, 3.63) is 74.6 Å². The molecule has 2 aromatic carbocycles. The number of hydrogen-bond donors (Lipinski definition) is 3. The van der Waals surface area contributed by atoms with Crippen LogP contribution in [-0.2, 0) is 6.42 Å². The zero-order valence-corrected chi connectivity index (χ0v) is 17.0. The van der Waals surface area contributed by atoms with Crippen molar-refractivity contribution in [2.24, 2.45) is 0 Å². The SMILES string of the molecule is Cc1ccc(C)c(NC(=S)NCCc2cc3cc(C)c(C)cc3[nH]c2=O)c1. The topological polar surface area (TPSA) is 56.9 Å². The van der Waals surface area contributed by atoms with Gasteiger partial charge in [-0.3, -0.25) is 4.79 Å². The summed E-state index contributed by atoms with van der Waals surface area (Å²) in [6, 6.07) is 12.3. The number of pyridine rings is 1. The van der Waals surface area contributed by atoms with Gasteiger partial charge in [-0.2, -0.15) is 0 Å². The van der Waals surface area contributed by atoms with Crippen molar-refractivity contribution in [1.29, 1.82) is 0 Å². The summed E-state index contributed by atoms with van der Waals surface area (Å²) in [5.74, 6) is 0. The number of aryl methyl sites for hydroxylation is 4. The number of nitrogens with one attached hydrogen (secondary N) is 3. The maximum atomic E-state index is 12.3. The third-order valence-corrected chi connectivity index (χ3v) is 5.10. The first kappa shape index (κ1) is 19.1. The van der Waals surface area contributed by atoms with Crippen molar-refractivity contribution in [3.63, 3.8) is 0 Å². The number of benzene rings is 2. The Kier molecular flexibility index (Phi) is 5.61. The van der Waals surface area contributed by atoms with Gasteiger partial charge in [0.15, 0.2) is 5.11 Å². The Bertz CT molecular complexity index is 1070. The van der Waals surface area contributed by atoms with E-state index in [0.29, 0.717) is 18.1 Å². The molecule has 0 aliphatic carbocycles. The number of hydrogen-bond acceptors (Lipinski definition) is 2. The van der Waals surface area contributed by atoms with E-state index in [2.05, 4.69) is 60.7 Å². The van der Waals surface area contributed by atoms with Crippen LogP contribution in [0.1, 0.15) is 27.8 Å². The first-order valence-corrected chi connectivity index (χ1v) is 9.49. The number of fused-ring (bicyclic) bond motifs is 1. The van der Waals surface area contributed by atoms with Crippen LogP contribution in [0.5, 0.6) is 0 Å². The predicted octanol–water partition coefficient (Wildman–Crippen LogP) is 4.29. The van der Waals surface area contributed by atoms with Gasteiger partial charge < -0.3 is 15.6 Å². The summed E-state index contributed by atoms with van der Waals surface area (Å²) in [6.07, 6.45) is 0.604. The van der Waals surface area contributed by atoms with Gasteiger partial charge in [0.05, 0.1) is 0 Å². The fourth-order valence-electron chi connectivity index (χ4n) is 3.06. The summed E-state index contributed by atoms with van der Waals surface area (Å²) in [6.45, 7) is 8.82. The molecule has 0 radical (unpaired) electrons. The lowest BCUT2D eigenvalue weighted by Gasteiger charge is -2.13. The number of H-pyrrole nitrogens is 1. The molecule has 3 N–H and O–H groups in total. The van der Waals surface area contributed by atoms with Crippen molar-refractivity contribution in [2.75, 3.05) is 11.9 Å². The second kappa shape index (κ2) is 7.92. The molecule has 0 aliphatic heterocycles. The van der Waals surface area contributed by atoms with E-state index in [1.807, 2.05) is 19.1 Å². The summed E-state index contributed by atoms with van der Waals surface area (Å²) >= 11 is 5.39. The number of aromatic amines is 1. The maximum Gasteiger partial charge on any atom is 0.251 e. The summed E-state index contributed by atoms with van der Waals surface area (Å²) in [5, 5.41) is 8.04. The van der Waals surface area contributed by atoms with E-state index in [1.165, 1.54) is 16.7 Å². The Hall–Kier alpha value is -2.66. The van der Waals surface area contributed by atoms with Gasteiger partial charge in [0.2, 0.25) is 0 Å². The molecule has 27 heavy (non-hydrogen) atoms. The van der Waals surface area contributed by atoms with E-state index >= 15 is 0 Å². The fraction of sp³-hybridized carbons (Fsp3) is 0.273. The van der Waals surface area contributed by atoms with Crippen molar-refractivity contribution >= 4 is 33.9 Å². The lowest BCUT2D eigenvalue weighted by atomic mass is 10.0. The standard InChI is InChI=1S/C22H25N3OS/c1-13-5-6-14(2)19(9-13)25-22(27)23-8-7-17-12-18-10-15(3)16(4)11-20(18)24-21(17)26/h5-6,9-12H,7-8H2,1-4H3,(H,24,26)(H2,23,25,27). The highest BCUT2D eigenvalue weighted by atomic mass is 32.1. The normalized spacial score (nSPS) is 10.8. The van der Waals surface area contributed by atoms with Crippen LogP contribution < -0.4 is 16.2 Å². The molecule has 0 amide bonds. The van der Waals surface area contributed by atoms with E-state index in [-0.39, 0.29) is 5.56 Å². The Balaban J connectivity index is 1.65. The van der Waals surface area contributed by atoms with Gasteiger partial charge >= 0.3 is 0 Å². The second-order valence-corrected chi connectivity index (χ2v) is 7.50. The van der Waals surface area contributed by atoms with Crippen molar-refractivity contribution < 1.29 is 0 Å². The fourth-order valence-corrected chi connectivity index (χ4v) is 3.27. The van der Waals surface area contributed by atoms with Crippen LogP contribution in [0.2, 0.25) is 0 Å². The third kappa shape index (κ3) is 4.55. The highest BCUT2D eigenvalue weighted by molar-refractivity contribution is 7.80. The lowest BCUT2D eigenvalue weighted by molar-refractivity contribution is 0.863. The smallest absolute Gasteiger partial charge is 0.251 e. The molecule has 1 heterocycles. The van der Waals surface area contributed by atoms with E-state index in [1.54, 1.807) is 0 Å². The highest BCUT2D eigenvalue weighted by Crippen LogP contribution is 2.18. The summed E-state index contributed by atoms with van der Waals surface area (Å²) < 4.78 is 0. The van der Waals surface area contributed by atoms with Crippen molar-refractivity contribution in [1.82, 2.24) is 10.3 Å². The van der Waals surface area contributed by atoms with Crippen molar-refractivity contribution in [2.45, 2.75) is 34.1 Å². The highest BCUT2D eigenvalue weighted by Gasteiger charge is 2.06. The Morgan fingerprint density at radius 2 is 1.74 bits per heavy atom. The quantitative estimate of drug-likeness (QED) is 0.592. The maximum absolute atomic E-state index is 12.3. The number of aromatic nitrogens is 1. The Morgan fingerprint density at radius 1 is 1.00 bits per heavy atom. The van der Waals surface area contributed by atoms with Gasteiger partial charge in [-0.05, 0) is 98.2 Å². The largest absolute Gasteiger partial charge is 0.362 e. The molecule has 0 saturated carbocycles. The molecule has 0 spiro atoms. The van der Waals surface area contributed by atoms with E-state index in [9.17, 15) is 4.79 Å². The number of thiocarbonyl (C=S) groups is 1. The molecule has 0 fully saturated rings. The number of anilines is 1. The first-order chi connectivity index (χ1) is 12.8. The zero-order valence-electron chi connectivity index (χ0n) is 16.2.